The molecule has 1 aromatic rings. The van der Waals surface area contributed by atoms with Crippen molar-refractivity contribution in [2.24, 2.45) is 0 Å². The van der Waals surface area contributed by atoms with E-state index < -0.39 is 12.0 Å². The van der Waals surface area contributed by atoms with Crippen LogP contribution in [-0.2, 0) is 16.1 Å². The molecule has 0 saturated carbocycles. The van der Waals surface area contributed by atoms with Crippen LogP contribution in [0.1, 0.15) is 25.8 Å². The Morgan fingerprint density at radius 3 is 2.59 bits per heavy atom. The number of nitrogens with zero attached hydrogens (tertiary/aromatic N) is 2. The van der Waals surface area contributed by atoms with Crippen LogP contribution in [0, 0.1) is 5.82 Å². The summed E-state index contributed by atoms with van der Waals surface area (Å²) in [5.41, 5.74) is 0.698. The van der Waals surface area contributed by atoms with Gasteiger partial charge in [-0.25, -0.2) is 4.39 Å². The number of carboxylic acid groups (broad SMARTS) is 1. The van der Waals surface area contributed by atoms with Gasteiger partial charge in [0.2, 0.25) is 5.91 Å². The summed E-state index contributed by atoms with van der Waals surface area (Å²) in [4.78, 5) is 26.5. The highest BCUT2D eigenvalue weighted by atomic mass is 19.1. The lowest BCUT2D eigenvalue weighted by atomic mass is 10.2. The normalized spacial score (nSPS) is 12.2. The molecule has 22 heavy (non-hydrogen) atoms. The molecule has 0 saturated heterocycles. The number of aliphatic carboxylic acids is 1. The van der Waals surface area contributed by atoms with Crippen LogP contribution < -0.4 is 0 Å². The first kappa shape index (κ1) is 18.1. The molecule has 0 spiro atoms. The van der Waals surface area contributed by atoms with E-state index in [9.17, 15) is 14.0 Å². The molecule has 0 bridgehead atoms. The molecule has 0 aliphatic carbocycles. The second kappa shape index (κ2) is 8.48. The summed E-state index contributed by atoms with van der Waals surface area (Å²) in [6.45, 7) is 4.28. The fourth-order valence-electron chi connectivity index (χ4n) is 2.33. The first-order valence-corrected chi connectivity index (χ1v) is 7.30. The number of carbonyl (C=O) groups excluding carboxylic acids is 1. The van der Waals surface area contributed by atoms with Crippen molar-refractivity contribution in [2.45, 2.75) is 32.9 Å². The molecular weight excluding hydrogens is 287 g/mol. The molecule has 0 radical (unpaired) electrons. The number of rotatable bonds is 8. The van der Waals surface area contributed by atoms with Crippen LogP contribution in [-0.4, -0.2) is 53.0 Å². The molecule has 5 nitrogen and oxygen atoms in total. The Bertz CT molecular complexity index is 522. The Morgan fingerprint density at radius 2 is 2.05 bits per heavy atom. The Hall–Kier alpha value is -1.95. The first-order valence-electron chi connectivity index (χ1n) is 7.30. The fourth-order valence-corrected chi connectivity index (χ4v) is 2.33. The number of carboxylic acids is 1. The highest BCUT2D eigenvalue weighted by molar-refractivity contribution is 5.82. The van der Waals surface area contributed by atoms with Crippen molar-refractivity contribution in [1.29, 1.82) is 0 Å². The number of amides is 1. The summed E-state index contributed by atoms with van der Waals surface area (Å²) in [7, 11) is 1.63. The Morgan fingerprint density at radius 1 is 1.36 bits per heavy atom. The molecule has 1 N–H and O–H groups in total. The van der Waals surface area contributed by atoms with Crippen LogP contribution in [0.2, 0.25) is 0 Å². The molecule has 1 amide bonds. The average molecular weight is 310 g/mol. The van der Waals surface area contributed by atoms with Crippen molar-refractivity contribution in [1.82, 2.24) is 9.80 Å². The quantitative estimate of drug-likeness (QED) is 0.797. The first-order chi connectivity index (χ1) is 10.3. The minimum Gasteiger partial charge on any atom is -0.480 e. The zero-order valence-electron chi connectivity index (χ0n) is 13.3. The highest BCUT2D eigenvalue weighted by Crippen LogP contribution is 2.10. The molecular formula is C16H23FN2O3. The molecule has 0 heterocycles. The van der Waals surface area contributed by atoms with E-state index in [1.165, 1.54) is 17.0 Å². The lowest BCUT2D eigenvalue weighted by Gasteiger charge is -2.29. The number of halogens is 1. The fraction of sp³-hybridized carbons (Fsp3) is 0.500. The van der Waals surface area contributed by atoms with E-state index in [1.807, 2.05) is 6.92 Å². The van der Waals surface area contributed by atoms with Crippen molar-refractivity contribution >= 4 is 11.9 Å². The summed E-state index contributed by atoms with van der Waals surface area (Å²) >= 11 is 0. The van der Waals surface area contributed by atoms with Crippen LogP contribution in [0.25, 0.3) is 0 Å². The predicted octanol–water partition coefficient (Wildman–Crippen LogP) is 1.97. The number of hydrogen-bond acceptors (Lipinski definition) is 3. The van der Waals surface area contributed by atoms with Gasteiger partial charge in [0, 0.05) is 13.6 Å². The van der Waals surface area contributed by atoms with Crippen LogP contribution in [0.3, 0.4) is 0 Å². The van der Waals surface area contributed by atoms with Crippen LogP contribution in [0.15, 0.2) is 24.3 Å². The maximum atomic E-state index is 13.2. The lowest BCUT2D eigenvalue weighted by molar-refractivity contribution is -0.142. The third-order valence-electron chi connectivity index (χ3n) is 3.44. The number of hydrogen-bond donors (Lipinski definition) is 1. The molecule has 6 heteroatoms. The summed E-state index contributed by atoms with van der Waals surface area (Å²) in [5, 5.41) is 8.94. The standard InChI is InChI=1S/C16H23FN2O3/c1-4-8-19(11-15(20)21)12(2)16(22)18(3)10-13-6-5-7-14(17)9-13/h5-7,9,12H,4,8,10-11H2,1-3H3,(H,20,21). The summed E-state index contributed by atoms with van der Waals surface area (Å²) in [6.07, 6.45) is 0.762. The summed E-state index contributed by atoms with van der Waals surface area (Å²) in [5.74, 6) is -1.48. The van der Waals surface area contributed by atoms with Gasteiger partial charge in [0.1, 0.15) is 5.82 Å². The van der Waals surface area contributed by atoms with E-state index in [0.29, 0.717) is 12.1 Å². The second-order valence-corrected chi connectivity index (χ2v) is 5.36. The van der Waals surface area contributed by atoms with Gasteiger partial charge < -0.3 is 10.0 Å². The molecule has 0 aromatic heterocycles. The Kier molecular flexibility index (Phi) is 6.98. The van der Waals surface area contributed by atoms with Gasteiger partial charge in [-0.3, -0.25) is 14.5 Å². The predicted molar refractivity (Wildman–Crippen MR) is 81.8 cm³/mol. The van der Waals surface area contributed by atoms with Gasteiger partial charge in [-0.1, -0.05) is 19.1 Å². The minimum atomic E-state index is -0.958. The molecule has 1 aromatic carbocycles. The van der Waals surface area contributed by atoms with Gasteiger partial charge in [0.25, 0.3) is 0 Å². The van der Waals surface area contributed by atoms with E-state index in [-0.39, 0.29) is 24.8 Å². The third kappa shape index (κ3) is 5.44. The van der Waals surface area contributed by atoms with E-state index >= 15 is 0 Å². The third-order valence-corrected chi connectivity index (χ3v) is 3.44. The van der Waals surface area contributed by atoms with E-state index in [0.717, 1.165) is 6.42 Å². The Balaban J connectivity index is 2.72. The smallest absolute Gasteiger partial charge is 0.317 e. The van der Waals surface area contributed by atoms with Gasteiger partial charge in [0.15, 0.2) is 0 Å². The molecule has 0 aliphatic heterocycles. The van der Waals surface area contributed by atoms with Gasteiger partial charge in [-0.05, 0) is 37.6 Å². The number of carbonyl (C=O) groups is 2. The van der Waals surface area contributed by atoms with Crippen LogP contribution in [0.4, 0.5) is 4.39 Å². The molecule has 0 aliphatic rings. The number of benzene rings is 1. The molecule has 1 unspecified atom stereocenters. The maximum Gasteiger partial charge on any atom is 0.317 e. The number of likely N-dealkylation sites (N-methyl/N-ethyl adjacent to an activating group) is 1. The summed E-state index contributed by atoms with van der Waals surface area (Å²) < 4.78 is 13.2. The van der Waals surface area contributed by atoms with Crippen LogP contribution >= 0.6 is 0 Å². The SMILES string of the molecule is CCCN(CC(=O)O)C(C)C(=O)N(C)Cc1cccc(F)c1. The van der Waals surface area contributed by atoms with Crippen molar-refractivity contribution in [2.75, 3.05) is 20.1 Å². The Labute approximate surface area is 130 Å². The zero-order chi connectivity index (χ0) is 16.7. The zero-order valence-corrected chi connectivity index (χ0v) is 13.3. The second-order valence-electron chi connectivity index (χ2n) is 5.36. The minimum absolute atomic E-state index is 0.172. The highest BCUT2D eigenvalue weighted by Gasteiger charge is 2.25. The lowest BCUT2D eigenvalue weighted by Crippen LogP contribution is -2.47. The molecule has 1 atom stereocenters. The van der Waals surface area contributed by atoms with Crippen molar-refractivity contribution in [3.05, 3.63) is 35.6 Å². The monoisotopic (exact) mass is 310 g/mol. The molecule has 1 rings (SSSR count). The van der Waals surface area contributed by atoms with E-state index in [4.69, 9.17) is 5.11 Å². The molecule has 122 valence electrons. The summed E-state index contributed by atoms with van der Waals surface area (Å²) in [6, 6.07) is 5.55. The van der Waals surface area contributed by atoms with Gasteiger partial charge in [-0.15, -0.1) is 0 Å². The topological polar surface area (TPSA) is 60.9 Å². The molecule has 0 fully saturated rings. The largest absolute Gasteiger partial charge is 0.480 e. The average Bonchev–Trinajstić information content (AvgIpc) is 2.44. The van der Waals surface area contributed by atoms with E-state index in [1.54, 1.807) is 31.0 Å². The van der Waals surface area contributed by atoms with Gasteiger partial charge in [0.05, 0.1) is 12.6 Å². The van der Waals surface area contributed by atoms with Crippen molar-refractivity contribution < 1.29 is 19.1 Å². The van der Waals surface area contributed by atoms with Gasteiger partial charge >= 0.3 is 5.97 Å². The van der Waals surface area contributed by atoms with E-state index in [2.05, 4.69) is 0 Å². The maximum absolute atomic E-state index is 13.2. The van der Waals surface area contributed by atoms with Gasteiger partial charge in [-0.2, -0.15) is 0 Å². The van der Waals surface area contributed by atoms with Crippen LogP contribution in [0.5, 0.6) is 0 Å². The van der Waals surface area contributed by atoms with Crippen molar-refractivity contribution in [3.63, 3.8) is 0 Å². The van der Waals surface area contributed by atoms with Crippen molar-refractivity contribution in [3.8, 4) is 0 Å².